The van der Waals surface area contributed by atoms with Crippen LogP contribution in [0.25, 0.3) is 6.08 Å². The molecule has 1 saturated carbocycles. The zero-order chi connectivity index (χ0) is 32.7. The van der Waals surface area contributed by atoms with Crippen molar-refractivity contribution in [1.29, 1.82) is 0 Å². The molecule has 4 amide bonds. The van der Waals surface area contributed by atoms with Gasteiger partial charge in [-0.05, 0) is 67.6 Å². The number of hydrogen-bond donors (Lipinski definition) is 1. The van der Waals surface area contributed by atoms with Crippen molar-refractivity contribution in [2.75, 3.05) is 16.9 Å². The summed E-state index contributed by atoms with van der Waals surface area (Å²) in [6.45, 7) is 5.46. The molecule has 46 heavy (non-hydrogen) atoms. The second-order valence-corrected chi connectivity index (χ2v) is 12.9. The van der Waals surface area contributed by atoms with Crippen LogP contribution in [0.4, 0.5) is 15.8 Å². The van der Waals surface area contributed by atoms with Crippen molar-refractivity contribution >= 4 is 52.7 Å². The predicted octanol–water partition coefficient (Wildman–Crippen LogP) is 6.27. The Morgan fingerprint density at radius 2 is 1.67 bits per heavy atom. The maximum Gasteiger partial charge on any atom is 0.241 e. The number of carbonyl (C=O) groups excluding carboxylic acids is 4. The SMILES string of the molecule is C=Cc1ccc(N2C(=O)[C@H]3[C@H](CC=C4[C@H]3C[C@H]3C(=O)N(c5ccc(F)c(Cl)c5)C(=O)[C@@]3(C)[C@H]4c3ccc(OC)cc3O)C2=O)cc1. The van der Waals surface area contributed by atoms with Crippen molar-refractivity contribution in [3.05, 3.63) is 101 Å². The van der Waals surface area contributed by atoms with Gasteiger partial charge in [0, 0.05) is 17.5 Å². The highest BCUT2D eigenvalue weighted by molar-refractivity contribution is 6.32. The lowest BCUT2D eigenvalue weighted by molar-refractivity contribution is -0.131. The molecule has 2 heterocycles. The summed E-state index contributed by atoms with van der Waals surface area (Å²) in [6.07, 6.45) is 3.97. The highest BCUT2D eigenvalue weighted by Gasteiger charge is 2.68. The number of phenolic OH excluding ortho intramolecular Hbond substituents is 1. The molecule has 0 radical (unpaired) electrons. The normalized spacial score (nSPS) is 28.5. The number of allylic oxidation sites excluding steroid dienone is 2. The number of methoxy groups -OCH3 is 1. The monoisotopic (exact) mass is 640 g/mol. The molecule has 3 aromatic carbocycles. The topological polar surface area (TPSA) is 104 Å². The molecular weight excluding hydrogens is 611 g/mol. The number of imide groups is 2. The number of benzene rings is 3. The molecule has 7 rings (SSSR count). The van der Waals surface area contributed by atoms with Crippen molar-refractivity contribution < 1.29 is 33.4 Å². The highest BCUT2D eigenvalue weighted by Crippen LogP contribution is 2.64. The summed E-state index contributed by atoms with van der Waals surface area (Å²) in [6, 6.07) is 15.4. The maximum absolute atomic E-state index is 14.5. The highest BCUT2D eigenvalue weighted by atomic mass is 35.5. The summed E-state index contributed by atoms with van der Waals surface area (Å²) in [5, 5.41) is 11.1. The third-order valence-electron chi connectivity index (χ3n) is 10.4. The van der Waals surface area contributed by atoms with Crippen LogP contribution in [0.1, 0.15) is 36.8 Å². The number of phenols is 1. The number of carbonyl (C=O) groups is 4. The first kappa shape index (κ1) is 29.9. The summed E-state index contributed by atoms with van der Waals surface area (Å²) in [5.41, 5.74) is 1.17. The van der Waals surface area contributed by atoms with Crippen LogP contribution in [-0.2, 0) is 19.2 Å². The van der Waals surface area contributed by atoms with Crippen molar-refractivity contribution in [2.24, 2.45) is 29.1 Å². The molecular formula is C36H30ClFN2O6. The van der Waals surface area contributed by atoms with Crippen LogP contribution in [0, 0.1) is 34.9 Å². The average Bonchev–Trinajstić information content (AvgIpc) is 3.42. The molecule has 4 aliphatic rings. The van der Waals surface area contributed by atoms with Gasteiger partial charge >= 0.3 is 0 Å². The van der Waals surface area contributed by atoms with E-state index in [9.17, 15) is 28.7 Å². The fourth-order valence-electron chi connectivity index (χ4n) is 8.14. The van der Waals surface area contributed by atoms with Gasteiger partial charge in [0.25, 0.3) is 0 Å². The van der Waals surface area contributed by atoms with Gasteiger partial charge in [-0.3, -0.25) is 24.1 Å². The van der Waals surface area contributed by atoms with Crippen molar-refractivity contribution in [2.45, 2.75) is 25.7 Å². The molecule has 0 aromatic heterocycles. The number of amides is 4. The second-order valence-electron chi connectivity index (χ2n) is 12.5. The van der Waals surface area contributed by atoms with Gasteiger partial charge < -0.3 is 9.84 Å². The Kier molecular flexibility index (Phi) is 6.93. The number of anilines is 2. The van der Waals surface area contributed by atoms with E-state index in [0.29, 0.717) is 17.0 Å². The Bertz CT molecular complexity index is 1890. The van der Waals surface area contributed by atoms with Crippen molar-refractivity contribution in [3.8, 4) is 11.5 Å². The molecule has 3 fully saturated rings. The molecule has 6 atom stereocenters. The predicted molar refractivity (Wildman–Crippen MR) is 170 cm³/mol. The van der Waals surface area contributed by atoms with Gasteiger partial charge in [-0.25, -0.2) is 9.29 Å². The van der Waals surface area contributed by atoms with Crippen LogP contribution in [0.2, 0.25) is 5.02 Å². The number of nitrogens with zero attached hydrogens (tertiary/aromatic N) is 2. The van der Waals surface area contributed by atoms with Crippen LogP contribution in [0.5, 0.6) is 11.5 Å². The summed E-state index contributed by atoms with van der Waals surface area (Å²) in [5.74, 6) is -5.84. The Hall–Kier alpha value is -4.76. The minimum atomic E-state index is -1.38. The van der Waals surface area contributed by atoms with Crippen LogP contribution in [0.3, 0.4) is 0 Å². The smallest absolute Gasteiger partial charge is 0.241 e. The van der Waals surface area contributed by atoms with Crippen LogP contribution in [0.15, 0.2) is 78.9 Å². The van der Waals surface area contributed by atoms with E-state index in [2.05, 4.69) is 6.58 Å². The Balaban J connectivity index is 1.36. The molecule has 2 aliphatic carbocycles. The zero-order valence-corrected chi connectivity index (χ0v) is 25.8. The number of hydrogen-bond acceptors (Lipinski definition) is 6. The van der Waals surface area contributed by atoms with Gasteiger partial charge in [0.2, 0.25) is 23.6 Å². The van der Waals surface area contributed by atoms with Gasteiger partial charge in [-0.1, -0.05) is 54.1 Å². The molecule has 0 bridgehead atoms. The molecule has 0 spiro atoms. The molecule has 1 N–H and O–H groups in total. The number of rotatable bonds is 5. The lowest BCUT2D eigenvalue weighted by Crippen LogP contribution is -2.48. The summed E-state index contributed by atoms with van der Waals surface area (Å²) in [7, 11) is 1.47. The Morgan fingerprint density at radius 3 is 2.33 bits per heavy atom. The molecule has 2 aliphatic heterocycles. The standard InChI is InChI=1S/C36H30ClFN2O6/c1-4-18-5-7-19(8-6-18)39-32(42)24-13-12-22-25(30(24)34(39)44)17-26-33(43)40(20-9-14-28(38)27(37)15-20)35(45)36(26,2)31(22)23-11-10-21(46-3)16-29(23)41/h4-12,14-16,24-26,30-31,41H,1,13,17H2,2-3H3/t24-,25+,26-,30-,31+,36+/m0/s1. The van der Waals surface area contributed by atoms with E-state index in [4.69, 9.17) is 16.3 Å². The van der Waals surface area contributed by atoms with Gasteiger partial charge in [0.1, 0.15) is 17.3 Å². The third kappa shape index (κ3) is 4.10. The molecule has 2 saturated heterocycles. The first-order valence-corrected chi connectivity index (χ1v) is 15.4. The molecule has 8 nitrogen and oxygen atoms in total. The Labute approximate surface area is 269 Å². The molecule has 3 aromatic rings. The van der Waals surface area contributed by atoms with E-state index in [1.54, 1.807) is 49.4 Å². The summed E-state index contributed by atoms with van der Waals surface area (Å²) < 4.78 is 19.4. The van der Waals surface area contributed by atoms with Gasteiger partial charge in [0.05, 0.1) is 46.7 Å². The van der Waals surface area contributed by atoms with Crippen molar-refractivity contribution in [1.82, 2.24) is 0 Å². The van der Waals surface area contributed by atoms with E-state index in [1.165, 1.54) is 30.2 Å². The molecule has 0 unspecified atom stereocenters. The first-order chi connectivity index (χ1) is 22.0. The lowest BCUT2D eigenvalue weighted by atomic mass is 9.51. The van der Waals surface area contributed by atoms with Gasteiger partial charge in [-0.2, -0.15) is 0 Å². The maximum atomic E-state index is 14.5. The quantitative estimate of drug-likeness (QED) is 0.260. The second kappa shape index (κ2) is 10.7. The van der Waals surface area contributed by atoms with E-state index < -0.39 is 52.6 Å². The third-order valence-corrected chi connectivity index (χ3v) is 10.7. The fraction of sp³-hybridized carbons (Fsp3) is 0.278. The summed E-state index contributed by atoms with van der Waals surface area (Å²) >= 11 is 6.06. The number of fused-ring (bicyclic) bond motifs is 4. The van der Waals surface area contributed by atoms with Gasteiger partial charge in [-0.15, -0.1) is 0 Å². The minimum absolute atomic E-state index is 0.130. The van der Waals surface area contributed by atoms with Gasteiger partial charge in [0.15, 0.2) is 0 Å². The molecule has 10 heteroatoms. The van der Waals surface area contributed by atoms with Crippen LogP contribution < -0.4 is 14.5 Å². The van der Waals surface area contributed by atoms with Crippen LogP contribution >= 0.6 is 11.6 Å². The Morgan fingerprint density at radius 1 is 0.957 bits per heavy atom. The van der Waals surface area contributed by atoms with Crippen molar-refractivity contribution in [3.63, 3.8) is 0 Å². The van der Waals surface area contributed by atoms with E-state index in [-0.39, 0.29) is 41.1 Å². The van der Waals surface area contributed by atoms with E-state index >= 15 is 0 Å². The zero-order valence-electron chi connectivity index (χ0n) is 25.1. The summed E-state index contributed by atoms with van der Waals surface area (Å²) in [4.78, 5) is 59.0. The average molecular weight is 641 g/mol. The number of halogens is 2. The van der Waals surface area contributed by atoms with E-state index in [0.717, 1.165) is 22.1 Å². The number of ether oxygens (including phenoxy) is 1. The molecule has 234 valence electrons. The van der Waals surface area contributed by atoms with E-state index in [1.807, 2.05) is 6.08 Å². The largest absolute Gasteiger partial charge is 0.508 e. The lowest BCUT2D eigenvalue weighted by Gasteiger charge is -2.49. The fourth-order valence-corrected chi connectivity index (χ4v) is 8.31. The first-order valence-electron chi connectivity index (χ1n) is 15.0. The van der Waals surface area contributed by atoms with Crippen LogP contribution in [-0.4, -0.2) is 35.8 Å². The number of aromatic hydroxyl groups is 1. The minimum Gasteiger partial charge on any atom is -0.508 e.